The number of rotatable bonds is 5. The Balaban J connectivity index is 1.58. The number of nitrogens with zero attached hydrogens (tertiary/aromatic N) is 2. The highest BCUT2D eigenvalue weighted by atomic mass is 32.1. The molecule has 0 radical (unpaired) electrons. The number of ether oxygens (including phenoxy) is 1. The van der Waals surface area contributed by atoms with Gasteiger partial charge in [-0.05, 0) is 42.5 Å². The van der Waals surface area contributed by atoms with Crippen molar-refractivity contribution < 1.29 is 9.53 Å². The van der Waals surface area contributed by atoms with Crippen LogP contribution in [0.3, 0.4) is 0 Å². The van der Waals surface area contributed by atoms with Crippen LogP contribution in [0.2, 0.25) is 0 Å². The molecule has 4 aromatic rings. The third-order valence-electron chi connectivity index (χ3n) is 3.90. The van der Waals surface area contributed by atoms with Crippen LogP contribution in [0.15, 0.2) is 66.9 Å². The molecule has 2 aromatic carbocycles. The number of anilines is 3. The lowest BCUT2D eigenvalue weighted by molar-refractivity contribution is 0.102. The summed E-state index contributed by atoms with van der Waals surface area (Å²) < 4.78 is 6.17. The molecule has 0 unspecified atom stereocenters. The SMILES string of the molecule is COc1ccc2nc(NC(=O)c3cccnc3Nc3ccccc3)sc2c1. The van der Waals surface area contributed by atoms with E-state index in [0.29, 0.717) is 16.5 Å². The first kappa shape index (κ1) is 17.0. The smallest absolute Gasteiger partial charge is 0.261 e. The summed E-state index contributed by atoms with van der Waals surface area (Å²) in [4.78, 5) is 21.5. The Morgan fingerprint density at radius 1 is 1.07 bits per heavy atom. The van der Waals surface area contributed by atoms with E-state index in [1.54, 1.807) is 25.4 Å². The Hall–Kier alpha value is -3.45. The fraction of sp³-hybridized carbons (Fsp3) is 0.0500. The van der Waals surface area contributed by atoms with Crippen LogP contribution in [0.25, 0.3) is 10.2 Å². The molecule has 6 nitrogen and oxygen atoms in total. The van der Waals surface area contributed by atoms with Gasteiger partial charge in [0, 0.05) is 11.9 Å². The summed E-state index contributed by atoms with van der Waals surface area (Å²) in [5.41, 5.74) is 2.11. The molecule has 7 heteroatoms. The average Bonchev–Trinajstić information content (AvgIpc) is 3.10. The molecule has 0 aliphatic carbocycles. The minimum absolute atomic E-state index is 0.271. The van der Waals surface area contributed by atoms with Crippen molar-refractivity contribution in [3.05, 3.63) is 72.4 Å². The second-order valence-electron chi connectivity index (χ2n) is 5.70. The Morgan fingerprint density at radius 3 is 2.74 bits per heavy atom. The third-order valence-corrected chi connectivity index (χ3v) is 4.84. The number of benzene rings is 2. The van der Waals surface area contributed by atoms with E-state index < -0.39 is 0 Å². The van der Waals surface area contributed by atoms with Crippen molar-refractivity contribution in [3.8, 4) is 5.75 Å². The molecule has 27 heavy (non-hydrogen) atoms. The number of carbonyl (C=O) groups excluding carboxylic acids is 1. The zero-order valence-corrected chi connectivity index (χ0v) is 15.3. The van der Waals surface area contributed by atoms with Gasteiger partial charge in [0.05, 0.1) is 22.9 Å². The molecule has 0 saturated carbocycles. The Labute approximate surface area is 159 Å². The van der Waals surface area contributed by atoms with E-state index in [9.17, 15) is 4.79 Å². The van der Waals surface area contributed by atoms with Crippen LogP contribution < -0.4 is 15.4 Å². The zero-order valence-electron chi connectivity index (χ0n) is 14.5. The molecule has 2 heterocycles. The van der Waals surface area contributed by atoms with Gasteiger partial charge in [-0.25, -0.2) is 9.97 Å². The van der Waals surface area contributed by atoms with E-state index in [4.69, 9.17) is 4.74 Å². The lowest BCUT2D eigenvalue weighted by atomic mass is 10.2. The molecule has 134 valence electrons. The lowest BCUT2D eigenvalue weighted by Crippen LogP contribution is -2.14. The van der Waals surface area contributed by atoms with Crippen LogP contribution in [0.4, 0.5) is 16.6 Å². The predicted molar refractivity (Wildman–Crippen MR) is 108 cm³/mol. The monoisotopic (exact) mass is 376 g/mol. The molecule has 0 spiro atoms. The second-order valence-corrected chi connectivity index (χ2v) is 6.73. The standard InChI is InChI=1S/C20H16N4O2S/c1-26-14-9-10-16-17(12-14)27-20(23-16)24-19(25)15-8-5-11-21-18(15)22-13-6-3-2-4-7-13/h2-12H,1H3,(H,21,22)(H,23,24,25). The average molecular weight is 376 g/mol. The van der Waals surface area contributed by atoms with Crippen molar-refractivity contribution in [1.29, 1.82) is 0 Å². The Kier molecular flexibility index (Phi) is 4.67. The van der Waals surface area contributed by atoms with Gasteiger partial charge in [-0.1, -0.05) is 29.5 Å². The number of fused-ring (bicyclic) bond motifs is 1. The topological polar surface area (TPSA) is 76.1 Å². The second kappa shape index (κ2) is 7.43. The van der Waals surface area contributed by atoms with Gasteiger partial charge in [-0.15, -0.1) is 0 Å². The molecule has 2 N–H and O–H groups in total. The normalized spacial score (nSPS) is 10.6. The molecule has 4 rings (SSSR count). The van der Waals surface area contributed by atoms with Gasteiger partial charge < -0.3 is 10.1 Å². The minimum atomic E-state index is -0.271. The molecular formula is C20H16N4O2S. The van der Waals surface area contributed by atoms with E-state index in [-0.39, 0.29) is 5.91 Å². The third kappa shape index (κ3) is 3.73. The number of carbonyl (C=O) groups is 1. The van der Waals surface area contributed by atoms with Gasteiger partial charge in [-0.2, -0.15) is 0 Å². The van der Waals surface area contributed by atoms with E-state index >= 15 is 0 Å². The van der Waals surface area contributed by atoms with Crippen LogP contribution in [-0.2, 0) is 0 Å². The summed E-state index contributed by atoms with van der Waals surface area (Å²) in [6, 6.07) is 18.7. The molecule has 0 bridgehead atoms. The van der Waals surface area contributed by atoms with Crippen molar-refractivity contribution in [2.45, 2.75) is 0 Å². The maximum Gasteiger partial charge on any atom is 0.261 e. The summed E-state index contributed by atoms with van der Waals surface area (Å²) >= 11 is 1.40. The molecule has 0 fully saturated rings. The maximum atomic E-state index is 12.8. The summed E-state index contributed by atoms with van der Waals surface area (Å²) in [5, 5.41) is 6.56. The Morgan fingerprint density at radius 2 is 1.93 bits per heavy atom. The highest BCUT2D eigenvalue weighted by Gasteiger charge is 2.15. The number of hydrogen-bond acceptors (Lipinski definition) is 6. The van der Waals surface area contributed by atoms with Crippen LogP contribution in [0.5, 0.6) is 5.75 Å². The van der Waals surface area contributed by atoms with Gasteiger partial charge >= 0.3 is 0 Å². The van der Waals surface area contributed by atoms with Gasteiger partial charge in [0.15, 0.2) is 5.13 Å². The first-order valence-electron chi connectivity index (χ1n) is 8.26. The number of amides is 1. The van der Waals surface area contributed by atoms with E-state index in [0.717, 1.165) is 21.7 Å². The number of pyridine rings is 1. The van der Waals surface area contributed by atoms with Gasteiger partial charge in [0.25, 0.3) is 5.91 Å². The summed E-state index contributed by atoms with van der Waals surface area (Å²) in [6.07, 6.45) is 1.64. The maximum absolute atomic E-state index is 12.8. The highest BCUT2D eigenvalue weighted by Crippen LogP contribution is 2.30. The fourth-order valence-electron chi connectivity index (χ4n) is 2.60. The molecular weight excluding hydrogens is 360 g/mol. The highest BCUT2D eigenvalue weighted by molar-refractivity contribution is 7.22. The largest absolute Gasteiger partial charge is 0.497 e. The number of methoxy groups -OCH3 is 1. The Bertz CT molecular complexity index is 1100. The predicted octanol–water partition coefficient (Wildman–Crippen LogP) is 4.70. The van der Waals surface area contributed by atoms with E-state index in [2.05, 4.69) is 20.6 Å². The first-order chi connectivity index (χ1) is 13.2. The first-order valence-corrected chi connectivity index (χ1v) is 9.07. The minimum Gasteiger partial charge on any atom is -0.497 e. The van der Waals surface area contributed by atoms with Gasteiger partial charge in [0.1, 0.15) is 11.6 Å². The molecule has 0 aliphatic rings. The fourth-order valence-corrected chi connectivity index (χ4v) is 3.49. The van der Waals surface area contributed by atoms with Crippen molar-refractivity contribution in [1.82, 2.24) is 9.97 Å². The number of para-hydroxylation sites is 1. The van der Waals surface area contributed by atoms with Crippen molar-refractivity contribution in [2.75, 3.05) is 17.7 Å². The summed E-state index contributed by atoms with van der Waals surface area (Å²) in [6.45, 7) is 0. The summed E-state index contributed by atoms with van der Waals surface area (Å²) in [7, 11) is 1.62. The molecule has 2 aromatic heterocycles. The molecule has 0 saturated heterocycles. The number of aromatic nitrogens is 2. The van der Waals surface area contributed by atoms with Crippen LogP contribution in [0, 0.1) is 0 Å². The molecule has 0 atom stereocenters. The van der Waals surface area contributed by atoms with E-state index in [1.165, 1.54) is 11.3 Å². The van der Waals surface area contributed by atoms with Crippen LogP contribution >= 0.6 is 11.3 Å². The lowest BCUT2D eigenvalue weighted by Gasteiger charge is -2.10. The van der Waals surface area contributed by atoms with Gasteiger partial charge in [-0.3, -0.25) is 10.1 Å². The zero-order chi connectivity index (χ0) is 18.6. The van der Waals surface area contributed by atoms with Gasteiger partial charge in [0.2, 0.25) is 0 Å². The van der Waals surface area contributed by atoms with Crippen molar-refractivity contribution >= 4 is 44.1 Å². The van der Waals surface area contributed by atoms with Crippen LogP contribution in [-0.4, -0.2) is 23.0 Å². The molecule has 1 amide bonds. The van der Waals surface area contributed by atoms with Crippen molar-refractivity contribution in [3.63, 3.8) is 0 Å². The quantitative estimate of drug-likeness (QED) is 0.528. The van der Waals surface area contributed by atoms with Crippen molar-refractivity contribution in [2.24, 2.45) is 0 Å². The number of hydrogen-bond donors (Lipinski definition) is 2. The van der Waals surface area contributed by atoms with Crippen LogP contribution in [0.1, 0.15) is 10.4 Å². The number of nitrogens with one attached hydrogen (secondary N) is 2. The summed E-state index contributed by atoms with van der Waals surface area (Å²) in [5.74, 6) is 0.974. The number of thiazole rings is 1. The van der Waals surface area contributed by atoms with E-state index in [1.807, 2.05) is 48.5 Å². The molecule has 0 aliphatic heterocycles.